The Hall–Kier alpha value is -4.68. The van der Waals surface area contributed by atoms with Crippen LogP contribution in [0.2, 0.25) is 0 Å². The topological polar surface area (TPSA) is 92.2 Å². The van der Waals surface area contributed by atoms with Crippen molar-refractivity contribution in [2.75, 3.05) is 0 Å². The SMILES string of the molecule is O=C1NC(=O)[C@H]2[C@H]1[C@@H]1C=C([C@@](O)(c3ccccc3)c3ccccn3)[C@H]2/C1=C(\c1ccccc1)c1ccccn1. The maximum Gasteiger partial charge on any atom is 0.231 e. The highest BCUT2D eigenvalue weighted by Gasteiger charge is 2.64. The van der Waals surface area contributed by atoms with Crippen molar-refractivity contribution in [3.8, 4) is 0 Å². The number of nitrogens with one attached hydrogen (secondary N) is 1. The number of rotatable bonds is 5. The number of hydrogen-bond donors (Lipinski definition) is 2. The molecular weight excluding hydrogens is 486 g/mol. The molecule has 3 aliphatic rings. The van der Waals surface area contributed by atoms with Crippen LogP contribution in [0.15, 0.2) is 127 Å². The lowest BCUT2D eigenvalue weighted by molar-refractivity contribution is -0.126. The molecule has 1 saturated heterocycles. The van der Waals surface area contributed by atoms with Gasteiger partial charge in [0.1, 0.15) is 0 Å². The van der Waals surface area contributed by atoms with Gasteiger partial charge in [0.2, 0.25) is 11.8 Å². The molecule has 2 amide bonds. The van der Waals surface area contributed by atoms with Crippen molar-refractivity contribution >= 4 is 17.4 Å². The Bertz CT molecular complexity index is 1550. The van der Waals surface area contributed by atoms with E-state index in [0.29, 0.717) is 16.8 Å². The van der Waals surface area contributed by atoms with Crippen LogP contribution in [-0.4, -0.2) is 26.9 Å². The number of benzene rings is 2. The van der Waals surface area contributed by atoms with E-state index in [9.17, 15) is 14.7 Å². The van der Waals surface area contributed by atoms with Gasteiger partial charge in [-0.25, -0.2) is 0 Å². The summed E-state index contributed by atoms with van der Waals surface area (Å²) < 4.78 is 0. The van der Waals surface area contributed by atoms with Gasteiger partial charge in [-0.15, -0.1) is 0 Å². The van der Waals surface area contributed by atoms with Gasteiger partial charge < -0.3 is 5.11 Å². The largest absolute Gasteiger partial charge is 0.375 e. The first kappa shape index (κ1) is 23.4. The Balaban J connectivity index is 1.53. The van der Waals surface area contributed by atoms with E-state index in [1.165, 1.54) is 0 Å². The summed E-state index contributed by atoms with van der Waals surface area (Å²) in [5, 5.41) is 15.3. The van der Waals surface area contributed by atoms with Crippen molar-refractivity contribution in [1.29, 1.82) is 0 Å². The molecule has 0 spiro atoms. The summed E-state index contributed by atoms with van der Waals surface area (Å²) in [6.07, 6.45) is 5.41. The van der Waals surface area contributed by atoms with Crippen molar-refractivity contribution in [3.05, 3.63) is 149 Å². The molecule has 1 aliphatic heterocycles. The van der Waals surface area contributed by atoms with Crippen molar-refractivity contribution in [2.45, 2.75) is 5.60 Å². The molecule has 0 unspecified atom stereocenters. The van der Waals surface area contributed by atoms with E-state index >= 15 is 0 Å². The van der Waals surface area contributed by atoms with E-state index < -0.39 is 23.4 Å². The van der Waals surface area contributed by atoms with Crippen LogP contribution < -0.4 is 5.32 Å². The lowest BCUT2D eigenvalue weighted by Gasteiger charge is -2.36. The average molecular weight is 512 g/mol. The Morgan fingerprint density at radius 1 is 0.744 bits per heavy atom. The van der Waals surface area contributed by atoms with E-state index in [1.54, 1.807) is 18.5 Å². The van der Waals surface area contributed by atoms with Crippen LogP contribution in [0.3, 0.4) is 0 Å². The maximum absolute atomic E-state index is 13.3. The summed E-state index contributed by atoms with van der Waals surface area (Å²) >= 11 is 0. The molecule has 5 atom stereocenters. The summed E-state index contributed by atoms with van der Waals surface area (Å²) in [6, 6.07) is 30.6. The Kier molecular flexibility index (Phi) is 5.39. The zero-order valence-electron chi connectivity index (χ0n) is 20.9. The van der Waals surface area contributed by atoms with Crippen molar-refractivity contribution in [1.82, 2.24) is 15.3 Å². The third-order valence-corrected chi connectivity index (χ3v) is 8.29. The molecule has 2 fully saturated rings. The van der Waals surface area contributed by atoms with Crippen molar-refractivity contribution < 1.29 is 14.7 Å². The number of hydrogen-bond acceptors (Lipinski definition) is 5. The van der Waals surface area contributed by atoms with Crippen LogP contribution in [0.1, 0.15) is 22.5 Å². The van der Waals surface area contributed by atoms with Gasteiger partial charge in [-0.2, -0.15) is 0 Å². The van der Waals surface area contributed by atoms with Crippen LogP contribution in [0.5, 0.6) is 0 Å². The van der Waals surface area contributed by atoms with Crippen molar-refractivity contribution in [2.24, 2.45) is 23.7 Å². The van der Waals surface area contributed by atoms with Gasteiger partial charge in [-0.05, 0) is 46.5 Å². The number of aromatic nitrogens is 2. The molecule has 3 heterocycles. The zero-order chi connectivity index (χ0) is 26.6. The normalized spacial score (nSPS) is 26.0. The number of nitrogens with zero attached hydrogens (tertiary/aromatic N) is 2. The smallest absolute Gasteiger partial charge is 0.231 e. The molecule has 190 valence electrons. The average Bonchev–Trinajstić information content (AvgIpc) is 3.63. The second-order valence-electron chi connectivity index (χ2n) is 10.2. The van der Waals surface area contributed by atoms with Gasteiger partial charge in [0.15, 0.2) is 5.60 Å². The molecule has 2 N–H and O–H groups in total. The highest BCUT2D eigenvalue weighted by atomic mass is 16.3. The number of pyridine rings is 2. The van der Waals surface area contributed by atoms with E-state index in [-0.39, 0.29) is 17.7 Å². The van der Waals surface area contributed by atoms with Gasteiger partial charge in [0.25, 0.3) is 0 Å². The lowest BCUT2D eigenvalue weighted by Crippen LogP contribution is -2.38. The number of carbonyl (C=O) groups excluding carboxylic acids is 2. The second-order valence-corrected chi connectivity index (χ2v) is 10.2. The minimum Gasteiger partial charge on any atom is -0.375 e. The fourth-order valence-corrected chi connectivity index (χ4v) is 6.77. The number of imide groups is 1. The molecule has 6 heteroatoms. The molecule has 4 aromatic rings. The molecule has 39 heavy (non-hydrogen) atoms. The summed E-state index contributed by atoms with van der Waals surface area (Å²) in [5.74, 6) is -2.62. The van der Waals surface area contributed by atoms with Gasteiger partial charge in [0.05, 0.1) is 23.2 Å². The first-order valence-corrected chi connectivity index (χ1v) is 13.1. The Labute approximate surface area is 225 Å². The van der Waals surface area contributed by atoms with Crippen LogP contribution >= 0.6 is 0 Å². The lowest BCUT2D eigenvalue weighted by atomic mass is 9.71. The summed E-state index contributed by atoms with van der Waals surface area (Å²) in [7, 11) is 0. The molecular formula is C33H25N3O3. The molecule has 1 saturated carbocycles. The van der Waals surface area contributed by atoms with Crippen LogP contribution in [0, 0.1) is 23.7 Å². The highest BCUT2D eigenvalue weighted by molar-refractivity contribution is 6.08. The number of amides is 2. The molecule has 2 aromatic carbocycles. The molecule has 2 bridgehead atoms. The molecule has 2 aromatic heterocycles. The second kappa shape index (κ2) is 8.96. The molecule has 6 nitrogen and oxygen atoms in total. The number of carbonyl (C=O) groups is 2. The van der Waals surface area contributed by atoms with Gasteiger partial charge in [0, 0.05) is 29.8 Å². The summed E-state index contributed by atoms with van der Waals surface area (Å²) in [5.41, 5.74) is 3.74. The zero-order valence-corrected chi connectivity index (χ0v) is 20.9. The predicted octanol–water partition coefficient (Wildman–Crippen LogP) is 4.29. The fraction of sp³-hybridized carbons (Fsp3) is 0.152. The predicted molar refractivity (Wildman–Crippen MR) is 146 cm³/mol. The standard InChI is InChI=1S/C33H25N3O3/c37-31-28-22-19-23(33(39,21-13-5-2-6-14-21)25-16-8-10-18-35-25)29(30(28)32(38)36-31)27(22)26(20-11-3-1-4-12-20)24-15-7-9-17-34-24/h1-19,22,28-30,39H,(H,36,37,38)/b27-26+/t22-,28-,29+,30+,33+/m1/s1. The van der Waals surface area contributed by atoms with E-state index in [2.05, 4.69) is 10.3 Å². The first-order chi connectivity index (χ1) is 19.1. The first-order valence-electron chi connectivity index (χ1n) is 13.1. The molecule has 0 radical (unpaired) electrons. The van der Waals surface area contributed by atoms with E-state index in [1.807, 2.05) is 97.1 Å². The minimum absolute atomic E-state index is 0.264. The van der Waals surface area contributed by atoms with Crippen molar-refractivity contribution in [3.63, 3.8) is 0 Å². The van der Waals surface area contributed by atoms with Crippen LogP contribution in [0.4, 0.5) is 0 Å². The van der Waals surface area contributed by atoms with Gasteiger partial charge in [-0.3, -0.25) is 24.9 Å². The van der Waals surface area contributed by atoms with Gasteiger partial charge in [-0.1, -0.05) is 78.9 Å². The van der Waals surface area contributed by atoms with E-state index in [4.69, 9.17) is 4.98 Å². The highest BCUT2D eigenvalue weighted by Crippen LogP contribution is 2.63. The Morgan fingerprint density at radius 2 is 1.38 bits per heavy atom. The Morgan fingerprint density at radius 3 is 2.05 bits per heavy atom. The number of fused-ring (bicyclic) bond motifs is 5. The molecule has 7 rings (SSSR count). The van der Waals surface area contributed by atoms with Crippen LogP contribution in [-0.2, 0) is 15.2 Å². The fourth-order valence-electron chi connectivity index (χ4n) is 6.77. The van der Waals surface area contributed by atoms with Crippen LogP contribution in [0.25, 0.3) is 5.57 Å². The maximum atomic E-state index is 13.3. The number of allylic oxidation sites excluding steroid dienone is 2. The third kappa shape index (κ3) is 3.45. The monoisotopic (exact) mass is 511 g/mol. The quantitative estimate of drug-likeness (QED) is 0.308. The third-order valence-electron chi connectivity index (χ3n) is 8.29. The minimum atomic E-state index is -1.60. The summed E-state index contributed by atoms with van der Waals surface area (Å²) in [4.78, 5) is 35.7. The summed E-state index contributed by atoms with van der Waals surface area (Å²) in [6.45, 7) is 0. The van der Waals surface area contributed by atoms with Gasteiger partial charge >= 0.3 is 0 Å². The molecule has 2 aliphatic carbocycles. The number of aliphatic hydroxyl groups is 1. The van der Waals surface area contributed by atoms with E-state index in [0.717, 1.165) is 22.4 Å².